The Balaban J connectivity index is 0.00000261. The van der Waals surface area contributed by atoms with Crippen molar-refractivity contribution in [1.29, 1.82) is 0 Å². The third kappa shape index (κ3) is 4.61. The highest BCUT2D eigenvalue weighted by Crippen LogP contribution is 2.29. The predicted octanol–water partition coefficient (Wildman–Crippen LogP) is 3.25. The highest BCUT2D eigenvalue weighted by atomic mass is 35.5. The van der Waals surface area contributed by atoms with Crippen LogP contribution in [0, 0.1) is 0 Å². The van der Waals surface area contributed by atoms with Gasteiger partial charge in [0, 0.05) is 49.9 Å². The van der Waals surface area contributed by atoms with Crippen molar-refractivity contribution in [2.75, 3.05) is 33.7 Å². The van der Waals surface area contributed by atoms with Crippen molar-refractivity contribution in [3.63, 3.8) is 0 Å². The first-order chi connectivity index (χ1) is 12.5. The second kappa shape index (κ2) is 9.22. The van der Waals surface area contributed by atoms with E-state index in [4.69, 9.17) is 11.6 Å². The van der Waals surface area contributed by atoms with Gasteiger partial charge in [0.1, 0.15) is 0 Å². The van der Waals surface area contributed by atoms with Gasteiger partial charge in [-0.2, -0.15) is 0 Å². The van der Waals surface area contributed by atoms with Crippen LogP contribution in [0.5, 0.6) is 0 Å². The molecule has 1 aliphatic rings. The molecule has 27 heavy (non-hydrogen) atoms. The molecule has 0 bridgehead atoms. The Morgan fingerprint density at radius 1 is 1.07 bits per heavy atom. The maximum atomic E-state index is 13.1. The highest BCUT2D eigenvalue weighted by Gasteiger charge is 2.29. The van der Waals surface area contributed by atoms with Crippen molar-refractivity contribution < 1.29 is 9.59 Å². The molecule has 144 valence electrons. The monoisotopic (exact) mass is 407 g/mol. The number of rotatable bonds is 3. The Kier molecular flexibility index (Phi) is 7.25. The van der Waals surface area contributed by atoms with Crippen molar-refractivity contribution in [3.05, 3.63) is 70.2 Å². The summed E-state index contributed by atoms with van der Waals surface area (Å²) in [6, 6.07) is 14.3. The molecule has 0 radical (unpaired) electrons. The number of nitrogens with one attached hydrogen (secondary N) is 1. The SMILES string of the molecule is CN(C)C(=O)c1ccc(C(=O)N2CCNCC2c2ccccc2Cl)cc1.Cl. The molecule has 3 rings (SSSR count). The molecule has 1 N–H and O–H groups in total. The molecule has 1 heterocycles. The maximum absolute atomic E-state index is 13.1. The molecule has 2 aromatic carbocycles. The molecule has 2 aromatic rings. The van der Waals surface area contributed by atoms with Gasteiger partial charge in [0.2, 0.25) is 0 Å². The van der Waals surface area contributed by atoms with Gasteiger partial charge in [-0.1, -0.05) is 29.8 Å². The maximum Gasteiger partial charge on any atom is 0.254 e. The van der Waals surface area contributed by atoms with Crippen molar-refractivity contribution in [3.8, 4) is 0 Å². The second-order valence-electron chi connectivity index (χ2n) is 6.52. The van der Waals surface area contributed by atoms with Gasteiger partial charge in [-0.05, 0) is 35.9 Å². The number of benzene rings is 2. The van der Waals surface area contributed by atoms with Crippen LogP contribution in [0.1, 0.15) is 32.3 Å². The van der Waals surface area contributed by atoms with E-state index in [-0.39, 0.29) is 30.3 Å². The molecule has 1 fully saturated rings. The van der Waals surface area contributed by atoms with Gasteiger partial charge in [-0.15, -0.1) is 12.4 Å². The van der Waals surface area contributed by atoms with Gasteiger partial charge >= 0.3 is 0 Å². The topological polar surface area (TPSA) is 52.7 Å². The second-order valence-corrected chi connectivity index (χ2v) is 6.92. The average molecular weight is 408 g/mol. The van der Waals surface area contributed by atoms with Gasteiger partial charge in [0.15, 0.2) is 0 Å². The molecule has 1 aliphatic heterocycles. The zero-order chi connectivity index (χ0) is 18.7. The van der Waals surface area contributed by atoms with Gasteiger partial charge in [0.25, 0.3) is 11.8 Å². The van der Waals surface area contributed by atoms with Gasteiger partial charge in [-0.25, -0.2) is 0 Å². The lowest BCUT2D eigenvalue weighted by molar-refractivity contribution is 0.0634. The lowest BCUT2D eigenvalue weighted by Crippen LogP contribution is -2.48. The van der Waals surface area contributed by atoms with E-state index in [1.54, 1.807) is 38.4 Å². The van der Waals surface area contributed by atoms with E-state index < -0.39 is 0 Å². The van der Waals surface area contributed by atoms with E-state index in [2.05, 4.69) is 5.32 Å². The standard InChI is InChI=1S/C20H22ClN3O2.ClH/c1-23(2)19(25)14-7-9-15(10-8-14)20(26)24-12-11-22-13-18(24)16-5-3-4-6-17(16)21;/h3-10,18,22H,11-13H2,1-2H3;1H. The first-order valence-corrected chi connectivity index (χ1v) is 8.94. The molecular weight excluding hydrogens is 385 g/mol. The number of hydrogen-bond donors (Lipinski definition) is 1. The number of nitrogens with zero attached hydrogens (tertiary/aromatic N) is 2. The smallest absolute Gasteiger partial charge is 0.254 e. The lowest BCUT2D eigenvalue weighted by Gasteiger charge is -2.37. The molecular formula is C20H23Cl2N3O2. The molecule has 1 unspecified atom stereocenters. The van der Waals surface area contributed by atoms with Gasteiger partial charge < -0.3 is 15.1 Å². The fourth-order valence-corrected chi connectivity index (χ4v) is 3.41. The molecule has 5 nitrogen and oxygen atoms in total. The first-order valence-electron chi connectivity index (χ1n) is 8.57. The number of carbonyl (C=O) groups excluding carboxylic acids is 2. The molecule has 0 aliphatic carbocycles. The van der Waals surface area contributed by atoms with Crippen LogP contribution in [0.3, 0.4) is 0 Å². The van der Waals surface area contributed by atoms with Crippen molar-refractivity contribution in [2.24, 2.45) is 0 Å². The predicted molar refractivity (Wildman–Crippen MR) is 110 cm³/mol. The van der Waals surface area contributed by atoms with Crippen LogP contribution >= 0.6 is 24.0 Å². The van der Waals surface area contributed by atoms with E-state index in [9.17, 15) is 9.59 Å². The van der Waals surface area contributed by atoms with Crippen LogP contribution in [0.2, 0.25) is 5.02 Å². The quantitative estimate of drug-likeness (QED) is 0.849. The summed E-state index contributed by atoms with van der Waals surface area (Å²) in [6.07, 6.45) is 0. The minimum atomic E-state index is -0.118. The normalized spacial score (nSPS) is 16.4. The Hall–Kier alpha value is -2.08. The Bertz CT molecular complexity index is 809. The molecule has 7 heteroatoms. The third-order valence-corrected chi connectivity index (χ3v) is 4.90. The summed E-state index contributed by atoms with van der Waals surface area (Å²) in [6.45, 7) is 2.00. The van der Waals surface area contributed by atoms with E-state index in [1.807, 2.05) is 29.2 Å². The van der Waals surface area contributed by atoms with Crippen LogP contribution < -0.4 is 5.32 Å². The third-order valence-electron chi connectivity index (χ3n) is 4.55. The number of piperazine rings is 1. The summed E-state index contributed by atoms with van der Waals surface area (Å²) in [7, 11) is 3.41. The minimum absolute atomic E-state index is 0. The molecule has 0 spiro atoms. The first kappa shape index (κ1) is 21.2. The number of amides is 2. The summed E-state index contributed by atoms with van der Waals surface area (Å²) < 4.78 is 0. The van der Waals surface area contributed by atoms with Crippen LogP contribution in [0.4, 0.5) is 0 Å². The van der Waals surface area contributed by atoms with Gasteiger partial charge in [0.05, 0.1) is 6.04 Å². The molecule has 1 atom stereocenters. The Morgan fingerprint density at radius 3 is 2.33 bits per heavy atom. The lowest BCUT2D eigenvalue weighted by atomic mass is 10.0. The average Bonchev–Trinajstić information content (AvgIpc) is 2.67. The van der Waals surface area contributed by atoms with E-state index in [0.717, 1.165) is 12.1 Å². The molecule has 0 saturated carbocycles. The zero-order valence-electron chi connectivity index (χ0n) is 15.3. The number of hydrogen-bond acceptors (Lipinski definition) is 3. The molecule has 0 aromatic heterocycles. The summed E-state index contributed by atoms with van der Waals surface area (Å²) in [5.74, 6) is -0.139. The Morgan fingerprint density at radius 2 is 1.70 bits per heavy atom. The minimum Gasteiger partial charge on any atom is -0.345 e. The Labute approximate surface area is 170 Å². The molecule has 2 amide bonds. The van der Waals surface area contributed by atoms with Crippen LogP contribution in [-0.2, 0) is 0 Å². The van der Waals surface area contributed by atoms with Crippen LogP contribution in [-0.4, -0.2) is 55.3 Å². The van der Waals surface area contributed by atoms with Crippen molar-refractivity contribution in [2.45, 2.75) is 6.04 Å². The van der Waals surface area contributed by atoms with Gasteiger partial charge in [-0.3, -0.25) is 9.59 Å². The van der Waals surface area contributed by atoms with Crippen LogP contribution in [0.25, 0.3) is 0 Å². The van der Waals surface area contributed by atoms with Crippen molar-refractivity contribution >= 4 is 35.8 Å². The summed E-state index contributed by atoms with van der Waals surface area (Å²) in [4.78, 5) is 28.4. The van der Waals surface area contributed by atoms with E-state index in [1.165, 1.54) is 4.90 Å². The number of halogens is 2. The largest absolute Gasteiger partial charge is 0.345 e. The van der Waals surface area contributed by atoms with E-state index >= 15 is 0 Å². The summed E-state index contributed by atoms with van der Waals surface area (Å²) >= 11 is 6.35. The summed E-state index contributed by atoms with van der Waals surface area (Å²) in [5, 5.41) is 3.99. The zero-order valence-corrected chi connectivity index (χ0v) is 16.9. The highest BCUT2D eigenvalue weighted by molar-refractivity contribution is 6.31. The van der Waals surface area contributed by atoms with E-state index in [0.29, 0.717) is 29.2 Å². The fourth-order valence-electron chi connectivity index (χ4n) is 3.15. The van der Waals surface area contributed by atoms with Crippen LogP contribution in [0.15, 0.2) is 48.5 Å². The van der Waals surface area contributed by atoms with Crippen molar-refractivity contribution in [1.82, 2.24) is 15.1 Å². The number of carbonyl (C=O) groups is 2. The fraction of sp³-hybridized carbons (Fsp3) is 0.300. The summed E-state index contributed by atoms with van der Waals surface area (Å²) in [5.41, 5.74) is 2.07. The molecule has 1 saturated heterocycles.